The van der Waals surface area contributed by atoms with E-state index in [0.29, 0.717) is 37.5 Å². The standard InChI is InChI=1S/C26H26F3N7O/c1-16-17(2)24(33-36-23(16)31-32-25(36)26(27,28)29)35-9-8-21-19(14-35)12-20(13-30-21)34-10-11-37-22(15-34)18-6-4-3-5-7-18/h3-7,12-13,22H,8-11,14-15H2,1-2H3/t22-/m0/s1. The van der Waals surface area contributed by atoms with Gasteiger partial charge in [0.2, 0.25) is 0 Å². The van der Waals surface area contributed by atoms with Gasteiger partial charge in [0.05, 0.1) is 18.5 Å². The van der Waals surface area contributed by atoms with Crippen LogP contribution >= 0.6 is 0 Å². The Hall–Kier alpha value is -3.73. The predicted octanol–water partition coefficient (Wildman–Crippen LogP) is 4.30. The second-order valence-corrected chi connectivity index (χ2v) is 9.52. The number of nitrogens with zero attached hydrogens (tertiary/aromatic N) is 7. The van der Waals surface area contributed by atoms with Crippen LogP contribution in [0.1, 0.15) is 39.9 Å². The minimum absolute atomic E-state index is 0.0179. The largest absolute Gasteiger partial charge is 0.453 e. The maximum absolute atomic E-state index is 13.5. The molecule has 1 aromatic carbocycles. The third-order valence-electron chi connectivity index (χ3n) is 7.25. The van der Waals surface area contributed by atoms with E-state index >= 15 is 0 Å². The van der Waals surface area contributed by atoms with Crippen LogP contribution in [0, 0.1) is 13.8 Å². The molecular weight excluding hydrogens is 483 g/mol. The molecule has 11 heteroatoms. The zero-order valence-electron chi connectivity index (χ0n) is 20.5. The number of rotatable bonds is 3. The first kappa shape index (κ1) is 23.7. The summed E-state index contributed by atoms with van der Waals surface area (Å²) in [6.45, 7) is 6.83. The Bertz CT molecular complexity index is 1450. The summed E-state index contributed by atoms with van der Waals surface area (Å²) in [5.41, 5.74) is 5.75. The lowest BCUT2D eigenvalue weighted by Gasteiger charge is -2.36. The fourth-order valence-electron chi connectivity index (χ4n) is 5.11. The number of aryl methyl sites for hydroxylation is 1. The highest BCUT2D eigenvalue weighted by atomic mass is 19.4. The number of benzene rings is 1. The average molecular weight is 510 g/mol. The predicted molar refractivity (Wildman–Crippen MR) is 132 cm³/mol. The summed E-state index contributed by atoms with van der Waals surface area (Å²) < 4.78 is 47.4. The van der Waals surface area contributed by atoms with E-state index in [2.05, 4.69) is 38.4 Å². The summed E-state index contributed by atoms with van der Waals surface area (Å²) in [5, 5.41) is 11.5. The molecule has 0 bridgehead atoms. The molecule has 2 aliphatic heterocycles. The number of hydrogen-bond donors (Lipinski definition) is 0. The third-order valence-corrected chi connectivity index (χ3v) is 7.25. The molecule has 8 nitrogen and oxygen atoms in total. The maximum Gasteiger partial charge on any atom is 0.453 e. The first-order valence-electron chi connectivity index (χ1n) is 12.2. The van der Waals surface area contributed by atoms with Crippen LogP contribution in [0.3, 0.4) is 0 Å². The molecule has 0 unspecified atom stereocenters. The van der Waals surface area contributed by atoms with Crippen LogP contribution in [0.5, 0.6) is 0 Å². The summed E-state index contributed by atoms with van der Waals surface area (Å²) in [6.07, 6.45) is -2.07. The molecule has 0 saturated carbocycles. The molecule has 0 radical (unpaired) electrons. The van der Waals surface area contributed by atoms with Crippen LogP contribution in [-0.4, -0.2) is 51.0 Å². The van der Waals surface area contributed by atoms with Crippen molar-refractivity contribution in [1.82, 2.24) is 24.8 Å². The minimum atomic E-state index is -4.64. The van der Waals surface area contributed by atoms with Crippen molar-refractivity contribution in [1.29, 1.82) is 0 Å². The number of halogens is 3. The van der Waals surface area contributed by atoms with E-state index in [1.165, 1.54) is 0 Å². The van der Waals surface area contributed by atoms with Crippen LogP contribution in [0.4, 0.5) is 24.7 Å². The summed E-state index contributed by atoms with van der Waals surface area (Å²) >= 11 is 0. The van der Waals surface area contributed by atoms with Crippen LogP contribution < -0.4 is 9.80 Å². The van der Waals surface area contributed by atoms with Crippen molar-refractivity contribution < 1.29 is 17.9 Å². The van der Waals surface area contributed by atoms with Crippen LogP contribution in [0.25, 0.3) is 5.65 Å². The molecule has 1 saturated heterocycles. The number of fused-ring (bicyclic) bond motifs is 2. The third kappa shape index (κ3) is 4.26. The van der Waals surface area contributed by atoms with Crippen molar-refractivity contribution >= 4 is 17.2 Å². The second-order valence-electron chi connectivity index (χ2n) is 9.52. The molecule has 4 aromatic rings. The van der Waals surface area contributed by atoms with E-state index in [1.807, 2.05) is 36.2 Å². The van der Waals surface area contributed by atoms with E-state index in [1.54, 1.807) is 6.92 Å². The van der Waals surface area contributed by atoms with Crippen molar-refractivity contribution in [2.45, 2.75) is 39.1 Å². The monoisotopic (exact) mass is 509 g/mol. The van der Waals surface area contributed by atoms with E-state index in [9.17, 15) is 13.2 Å². The van der Waals surface area contributed by atoms with E-state index in [-0.39, 0.29) is 11.8 Å². The Balaban J connectivity index is 1.29. The van der Waals surface area contributed by atoms with Gasteiger partial charge < -0.3 is 14.5 Å². The maximum atomic E-state index is 13.5. The molecule has 6 rings (SSSR count). The van der Waals surface area contributed by atoms with Crippen molar-refractivity contribution in [3.8, 4) is 0 Å². The summed E-state index contributed by atoms with van der Waals surface area (Å²) in [7, 11) is 0. The van der Waals surface area contributed by atoms with Gasteiger partial charge in [-0.3, -0.25) is 4.98 Å². The van der Waals surface area contributed by atoms with Gasteiger partial charge in [-0.25, -0.2) is 0 Å². The van der Waals surface area contributed by atoms with Gasteiger partial charge in [0.15, 0.2) is 11.5 Å². The Kier molecular flexibility index (Phi) is 5.74. The molecule has 0 N–H and O–H groups in total. The lowest BCUT2D eigenvalue weighted by molar-refractivity contribution is -0.146. The molecule has 1 fully saturated rings. The van der Waals surface area contributed by atoms with Crippen LogP contribution in [0.15, 0.2) is 42.6 Å². The van der Waals surface area contributed by atoms with Crippen molar-refractivity contribution in [3.05, 3.63) is 76.4 Å². The van der Waals surface area contributed by atoms with Gasteiger partial charge in [-0.2, -0.15) is 17.7 Å². The van der Waals surface area contributed by atoms with Crippen LogP contribution in [0.2, 0.25) is 0 Å². The highest BCUT2D eigenvalue weighted by Gasteiger charge is 2.38. The van der Waals surface area contributed by atoms with Gasteiger partial charge in [0, 0.05) is 49.4 Å². The minimum Gasteiger partial charge on any atom is -0.370 e. The number of aromatic nitrogens is 5. The molecule has 1 atom stereocenters. The fraction of sp³-hybridized carbons (Fsp3) is 0.385. The number of pyridine rings is 1. The van der Waals surface area contributed by atoms with Crippen molar-refractivity contribution in [3.63, 3.8) is 0 Å². The van der Waals surface area contributed by atoms with Gasteiger partial charge in [0.25, 0.3) is 5.82 Å². The molecule has 5 heterocycles. The van der Waals surface area contributed by atoms with Gasteiger partial charge >= 0.3 is 6.18 Å². The average Bonchev–Trinajstić information content (AvgIpc) is 3.36. The summed E-state index contributed by atoms with van der Waals surface area (Å²) in [5.74, 6) is -0.615. The molecular formula is C26H26F3N7O. The lowest BCUT2D eigenvalue weighted by atomic mass is 10.0. The van der Waals surface area contributed by atoms with Crippen molar-refractivity contribution in [2.24, 2.45) is 0 Å². The number of anilines is 2. The number of hydrogen-bond acceptors (Lipinski definition) is 7. The quantitative estimate of drug-likeness (QED) is 0.408. The van der Waals surface area contributed by atoms with Crippen LogP contribution in [-0.2, 0) is 23.9 Å². The van der Waals surface area contributed by atoms with E-state index in [4.69, 9.17) is 9.72 Å². The summed E-state index contributed by atoms with van der Waals surface area (Å²) in [6, 6.07) is 12.3. The molecule has 37 heavy (non-hydrogen) atoms. The Labute approximate surface area is 211 Å². The Morgan fingerprint density at radius 3 is 2.59 bits per heavy atom. The highest BCUT2D eigenvalue weighted by molar-refractivity contribution is 5.60. The normalized spacial score (nSPS) is 18.4. The van der Waals surface area contributed by atoms with E-state index in [0.717, 1.165) is 45.7 Å². The van der Waals surface area contributed by atoms with Gasteiger partial charge in [-0.1, -0.05) is 30.3 Å². The van der Waals surface area contributed by atoms with E-state index < -0.39 is 12.0 Å². The number of ether oxygens (including phenoxy) is 1. The SMILES string of the molecule is Cc1c(N2CCc3ncc(N4CCO[C@H](c5ccccc5)C4)cc3C2)nn2c(C(F)(F)F)nnc2c1C. The molecule has 192 valence electrons. The fourth-order valence-corrected chi connectivity index (χ4v) is 5.11. The Morgan fingerprint density at radius 2 is 1.81 bits per heavy atom. The molecule has 0 aliphatic carbocycles. The Morgan fingerprint density at radius 1 is 1.00 bits per heavy atom. The van der Waals surface area contributed by atoms with Gasteiger partial charge in [0.1, 0.15) is 6.10 Å². The van der Waals surface area contributed by atoms with Crippen molar-refractivity contribution in [2.75, 3.05) is 36.0 Å². The lowest BCUT2D eigenvalue weighted by Crippen LogP contribution is -2.39. The molecule has 2 aliphatic rings. The van der Waals surface area contributed by atoms with Gasteiger partial charge in [-0.05, 0) is 31.0 Å². The molecule has 3 aromatic heterocycles. The first-order valence-corrected chi connectivity index (χ1v) is 12.2. The number of morpholine rings is 1. The second kappa shape index (κ2) is 8.98. The van der Waals surface area contributed by atoms with Gasteiger partial charge in [-0.15, -0.1) is 15.3 Å². The topological polar surface area (TPSA) is 71.7 Å². The zero-order chi connectivity index (χ0) is 25.7. The first-order chi connectivity index (χ1) is 17.8. The molecule has 0 spiro atoms. The number of alkyl halides is 3. The summed E-state index contributed by atoms with van der Waals surface area (Å²) in [4.78, 5) is 9.04. The smallest absolute Gasteiger partial charge is 0.370 e. The highest BCUT2D eigenvalue weighted by Crippen LogP contribution is 2.33. The zero-order valence-corrected chi connectivity index (χ0v) is 20.5. The molecule has 0 amide bonds.